The van der Waals surface area contributed by atoms with E-state index in [0.717, 1.165) is 18.9 Å². The number of benzene rings is 1. The Balaban J connectivity index is 1.42. The summed E-state index contributed by atoms with van der Waals surface area (Å²) in [5.41, 5.74) is 0.0255. The predicted molar refractivity (Wildman–Crippen MR) is 107 cm³/mol. The van der Waals surface area contributed by atoms with Crippen LogP contribution in [0.15, 0.2) is 36.5 Å². The second kappa shape index (κ2) is 9.21. The van der Waals surface area contributed by atoms with Crippen LogP contribution in [-0.4, -0.2) is 36.1 Å². The molecule has 1 aliphatic carbocycles. The minimum absolute atomic E-state index is 0.0961. The van der Waals surface area contributed by atoms with Crippen molar-refractivity contribution in [2.45, 2.75) is 25.1 Å². The average molecular weight is 442 g/mol. The Hall–Kier alpha value is -3.01. The topological polar surface area (TPSA) is 95.2 Å². The fraction of sp³-hybridized carbons (Fsp3) is 0.316. The fourth-order valence-corrected chi connectivity index (χ4v) is 2.70. The number of nitrogens with zero attached hydrogens (tertiary/aromatic N) is 1. The molecule has 1 aliphatic rings. The number of pyridine rings is 1. The highest BCUT2D eigenvalue weighted by atomic mass is 35.5. The van der Waals surface area contributed by atoms with Crippen LogP contribution < -0.4 is 21.3 Å². The van der Waals surface area contributed by atoms with E-state index in [0.29, 0.717) is 17.4 Å². The standard InChI is InChI=1S/C19H19ClF3N5O2/c20-15-9-12(19(21,22)23)10-26-16(15)24-7-8-25-17(29)11-1-3-13(4-2-11)27-18(30)28-14-5-6-14/h1-4,9-10,14H,5-8H2,(H,24,26)(H,25,29)(H2,27,28,30). The Bertz CT molecular complexity index is 917. The van der Waals surface area contributed by atoms with Crippen molar-refractivity contribution in [3.05, 3.63) is 52.7 Å². The Labute approximate surface area is 175 Å². The highest BCUT2D eigenvalue weighted by molar-refractivity contribution is 6.32. The minimum atomic E-state index is -4.52. The first-order chi connectivity index (χ1) is 14.2. The van der Waals surface area contributed by atoms with E-state index in [4.69, 9.17) is 11.6 Å². The molecule has 30 heavy (non-hydrogen) atoms. The van der Waals surface area contributed by atoms with Crippen LogP contribution >= 0.6 is 11.6 Å². The summed E-state index contributed by atoms with van der Waals surface area (Å²) in [6, 6.07) is 7.13. The normalized spacial score (nSPS) is 13.5. The van der Waals surface area contributed by atoms with Crippen molar-refractivity contribution >= 4 is 35.0 Å². The lowest BCUT2D eigenvalue weighted by molar-refractivity contribution is -0.137. The van der Waals surface area contributed by atoms with Gasteiger partial charge in [0.15, 0.2) is 0 Å². The molecule has 11 heteroatoms. The number of carbonyl (C=O) groups excluding carboxylic acids is 2. The van der Waals surface area contributed by atoms with Crippen molar-refractivity contribution in [3.8, 4) is 0 Å². The molecule has 7 nitrogen and oxygen atoms in total. The number of alkyl halides is 3. The number of urea groups is 1. The van der Waals surface area contributed by atoms with Gasteiger partial charge in [-0.15, -0.1) is 0 Å². The molecule has 3 amide bonds. The van der Waals surface area contributed by atoms with Crippen molar-refractivity contribution in [1.82, 2.24) is 15.6 Å². The van der Waals surface area contributed by atoms with Gasteiger partial charge in [-0.2, -0.15) is 13.2 Å². The first-order valence-corrected chi connectivity index (χ1v) is 9.52. The van der Waals surface area contributed by atoms with Crippen LogP contribution in [0.3, 0.4) is 0 Å². The van der Waals surface area contributed by atoms with Crippen LogP contribution in [0.2, 0.25) is 5.02 Å². The molecule has 1 heterocycles. The van der Waals surface area contributed by atoms with Gasteiger partial charge in [-0.25, -0.2) is 9.78 Å². The van der Waals surface area contributed by atoms with Crippen molar-refractivity contribution in [2.24, 2.45) is 0 Å². The number of anilines is 2. The van der Waals surface area contributed by atoms with E-state index < -0.39 is 11.7 Å². The zero-order chi connectivity index (χ0) is 21.7. The summed E-state index contributed by atoms with van der Waals surface area (Å²) in [7, 11) is 0. The molecule has 4 N–H and O–H groups in total. The van der Waals surface area contributed by atoms with E-state index in [1.165, 1.54) is 0 Å². The number of nitrogens with one attached hydrogen (secondary N) is 4. The third-order valence-electron chi connectivity index (χ3n) is 4.19. The zero-order valence-electron chi connectivity index (χ0n) is 15.6. The van der Waals surface area contributed by atoms with Crippen LogP contribution in [0, 0.1) is 0 Å². The minimum Gasteiger partial charge on any atom is -0.367 e. The summed E-state index contributed by atoms with van der Waals surface area (Å²) < 4.78 is 37.8. The van der Waals surface area contributed by atoms with Gasteiger partial charge < -0.3 is 21.3 Å². The molecule has 1 aromatic carbocycles. The van der Waals surface area contributed by atoms with Gasteiger partial charge >= 0.3 is 12.2 Å². The van der Waals surface area contributed by atoms with E-state index in [1.54, 1.807) is 24.3 Å². The van der Waals surface area contributed by atoms with Gasteiger partial charge in [0.2, 0.25) is 0 Å². The molecule has 0 saturated heterocycles. The van der Waals surface area contributed by atoms with Gasteiger partial charge in [0.05, 0.1) is 10.6 Å². The zero-order valence-corrected chi connectivity index (χ0v) is 16.4. The summed E-state index contributed by atoms with van der Waals surface area (Å²) in [5.74, 6) is -0.240. The molecule has 0 spiro atoms. The number of rotatable bonds is 7. The van der Waals surface area contributed by atoms with E-state index in [2.05, 4.69) is 26.3 Å². The van der Waals surface area contributed by atoms with Crippen LogP contribution in [0.4, 0.5) is 29.5 Å². The highest BCUT2D eigenvalue weighted by Crippen LogP contribution is 2.32. The number of amides is 3. The van der Waals surface area contributed by atoms with Gasteiger partial charge in [0.1, 0.15) is 5.82 Å². The van der Waals surface area contributed by atoms with Crippen molar-refractivity contribution in [3.63, 3.8) is 0 Å². The molecule has 3 rings (SSSR count). The number of hydrogen-bond acceptors (Lipinski definition) is 4. The van der Waals surface area contributed by atoms with Gasteiger partial charge in [-0.1, -0.05) is 11.6 Å². The summed E-state index contributed by atoms with van der Waals surface area (Å²) in [6.45, 7) is 0.409. The molecule has 0 aliphatic heterocycles. The Morgan fingerprint density at radius 1 is 1.13 bits per heavy atom. The smallest absolute Gasteiger partial charge is 0.367 e. The van der Waals surface area contributed by atoms with Crippen LogP contribution in [0.25, 0.3) is 0 Å². The van der Waals surface area contributed by atoms with Gasteiger partial charge in [-0.3, -0.25) is 4.79 Å². The highest BCUT2D eigenvalue weighted by Gasteiger charge is 2.31. The van der Waals surface area contributed by atoms with Crippen molar-refractivity contribution < 1.29 is 22.8 Å². The summed E-state index contributed by atoms with van der Waals surface area (Å²) in [5, 5.41) is 10.8. The maximum Gasteiger partial charge on any atom is 0.417 e. The average Bonchev–Trinajstić information content (AvgIpc) is 3.49. The molecule has 2 aromatic rings. The maximum absolute atomic E-state index is 12.6. The summed E-state index contributed by atoms with van der Waals surface area (Å²) in [4.78, 5) is 27.5. The molecule has 1 fully saturated rings. The molecule has 1 saturated carbocycles. The van der Waals surface area contributed by atoms with Crippen LogP contribution in [0.5, 0.6) is 0 Å². The Morgan fingerprint density at radius 3 is 2.43 bits per heavy atom. The summed E-state index contributed by atoms with van der Waals surface area (Å²) >= 11 is 5.81. The summed E-state index contributed by atoms with van der Waals surface area (Å²) in [6.07, 6.45) is -1.85. The molecule has 0 radical (unpaired) electrons. The fourth-order valence-electron chi connectivity index (χ4n) is 2.47. The third kappa shape index (κ3) is 6.24. The molecule has 1 aromatic heterocycles. The largest absolute Gasteiger partial charge is 0.417 e. The lowest BCUT2D eigenvalue weighted by atomic mass is 10.2. The first-order valence-electron chi connectivity index (χ1n) is 9.15. The second-order valence-corrected chi connectivity index (χ2v) is 7.09. The number of aromatic nitrogens is 1. The van der Waals surface area contributed by atoms with Gasteiger partial charge in [0.25, 0.3) is 5.91 Å². The monoisotopic (exact) mass is 441 g/mol. The second-order valence-electron chi connectivity index (χ2n) is 6.68. The van der Waals surface area contributed by atoms with E-state index >= 15 is 0 Å². The van der Waals surface area contributed by atoms with Crippen molar-refractivity contribution in [1.29, 1.82) is 0 Å². The first kappa shape index (κ1) is 21.7. The number of halogens is 4. The van der Waals surface area contributed by atoms with Crippen LogP contribution in [0.1, 0.15) is 28.8 Å². The van der Waals surface area contributed by atoms with Crippen molar-refractivity contribution in [2.75, 3.05) is 23.7 Å². The quantitative estimate of drug-likeness (QED) is 0.490. The van der Waals surface area contributed by atoms with Gasteiger partial charge in [0, 0.05) is 36.6 Å². The molecule has 0 atom stereocenters. The lowest BCUT2D eigenvalue weighted by Gasteiger charge is -2.11. The molecule has 160 valence electrons. The molecule has 0 unspecified atom stereocenters. The third-order valence-corrected chi connectivity index (χ3v) is 4.48. The van der Waals surface area contributed by atoms with Crippen LogP contribution in [-0.2, 0) is 6.18 Å². The SMILES string of the molecule is O=C(Nc1ccc(C(=O)NCCNc2ncc(C(F)(F)F)cc2Cl)cc1)NC1CC1. The molecular weight excluding hydrogens is 423 g/mol. The maximum atomic E-state index is 12.6. The van der Waals surface area contributed by atoms with E-state index in [-0.39, 0.29) is 41.9 Å². The number of hydrogen-bond donors (Lipinski definition) is 4. The lowest BCUT2D eigenvalue weighted by Crippen LogP contribution is -2.30. The van der Waals surface area contributed by atoms with Gasteiger partial charge in [-0.05, 0) is 43.2 Å². The predicted octanol–water partition coefficient (Wildman–Crippen LogP) is 3.88. The van der Waals surface area contributed by atoms with E-state index in [1.807, 2.05) is 0 Å². The molecular formula is C19H19ClF3N5O2. The number of carbonyl (C=O) groups is 2. The Morgan fingerprint density at radius 2 is 1.83 bits per heavy atom. The Kier molecular flexibility index (Phi) is 6.66. The molecule has 0 bridgehead atoms. The van der Waals surface area contributed by atoms with E-state index in [9.17, 15) is 22.8 Å².